The van der Waals surface area contributed by atoms with Gasteiger partial charge < -0.3 is 130 Å². The summed E-state index contributed by atoms with van der Waals surface area (Å²) in [6.45, 7) is -2.60. The van der Waals surface area contributed by atoms with E-state index in [0.29, 0.717) is 0 Å². The van der Waals surface area contributed by atoms with Crippen molar-refractivity contribution in [2.75, 3.05) is 39.6 Å². The molecule has 0 aliphatic carbocycles. The molecule has 29 heteroatoms. The summed E-state index contributed by atoms with van der Waals surface area (Å²) in [6, 6.07) is -5.00. The van der Waals surface area contributed by atoms with Crippen LogP contribution in [-0.4, -0.2) is 281 Å². The first-order valence-corrected chi connectivity index (χ1v) is 20.5. The van der Waals surface area contributed by atoms with Gasteiger partial charge >= 0.3 is 0 Å². The van der Waals surface area contributed by atoms with Gasteiger partial charge in [-0.15, -0.1) is 0 Å². The molecule has 24 atom stereocenters. The lowest BCUT2D eigenvalue weighted by atomic mass is 9.94. The van der Waals surface area contributed by atoms with Crippen LogP contribution in [0.15, 0.2) is 0 Å². The second-order valence-corrected chi connectivity index (χ2v) is 16.0. The Morgan fingerprint density at radius 1 is 0.523 bits per heavy atom. The van der Waals surface area contributed by atoms with E-state index in [9.17, 15) is 91.0 Å². The van der Waals surface area contributed by atoms with E-state index >= 15 is 0 Å². The molecule has 0 bridgehead atoms. The van der Waals surface area contributed by atoms with E-state index in [2.05, 4.69) is 16.0 Å². The van der Waals surface area contributed by atoms with Crippen molar-refractivity contribution in [3.05, 3.63) is 0 Å². The highest BCUT2D eigenvalue weighted by atomic mass is 16.8. The average molecular weight is 954 g/mol. The van der Waals surface area contributed by atoms with Gasteiger partial charge in [-0.1, -0.05) is 0 Å². The highest BCUT2D eigenvalue weighted by Gasteiger charge is 2.55. The molecule has 4 fully saturated rings. The van der Waals surface area contributed by atoms with E-state index in [0.717, 1.165) is 20.8 Å². The van der Waals surface area contributed by atoms with E-state index in [4.69, 9.17) is 37.9 Å². The molecule has 4 saturated heterocycles. The van der Waals surface area contributed by atoms with E-state index < -0.39 is 204 Å². The minimum Gasteiger partial charge on any atom is -0.394 e. The van der Waals surface area contributed by atoms with Crippen LogP contribution in [-0.2, 0) is 52.3 Å². The van der Waals surface area contributed by atoms with Crippen molar-refractivity contribution < 1.29 is 129 Å². The Morgan fingerprint density at radius 2 is 1.00 bits per heavy atom. The van der Waals surface area contributed by atoms with Gasteiger partial charge in [-0.2, -0.15) is 0 Å². The molecule has 0 saturated carbocycles. The summed E-state index contributed by atoms with van der Waals surface area (Å²) >= 11 is 0. The summed E-state index contributed by atoms with van der Waals surface area (Å²) in [4.78, 5) is 37.2. The Balaban J connectivity index is 1.71. The summed E-state index contributed by atoms with van der Waals surface area (Å²) in [5.41, 5.74) is 0. The first-order valence-electron chi connectivity index (χ1n) is 20.5. The van der Waals surface area contributed by atoms with Gasteiger partial charge in [-0.3, -0.25) is 14.4 Å². The smallest absolute Gasteiger partial charge is 0.217 e. The van der Waals surface area contributed by atoms with E-state index in [1.165, 1.54) is 0 Å². The maximum atomic E-state index is 12.7. The van der Waals surface area contributed by atoms with Crippen LogP contribution in [0.4, 0.5) is 0 Å². The zero-order valence-corrected chi connectivity index (χ0v) is 35.3. The van der Waals surface area contributed by atoms with Crippen LogP contribution in [0.3, 0.4) is 0 Å². The monoisotopic (exact) mass is 953 g/mol. The molecular formula is C36H63N3O26. The molecule has 3 amide bonds. The summed E-state index contributed by atoms with van der Waals surface area (Å²) in [5.74, 6) is -2.42. The molecule has 4 aliphatic rings. The highest BCUT2D eigenvalue weighted by Crippen LogP contribution is 2.34. The third kappa shape index (κ3) is 13.2. The lowest BCUT2D eigenvalue weighted by molar-refractivity contribution is -0.361. The van der Waals surface area contributed by atoms with Crippen molar-refractivity contribution in [1.82, 2.24) is 16.0 Å². The number of carbonyl (C=O) groups is 3. The highest BCUT2D eigenvalue weighted by molar-refractivity contribution is 5.74. The van der Waals surface area contributed by atoms with Gasteiger partial charge in [0.1, 0.15) is 116 Å². The molecule has 65 heavy (non-hydrogen) atoms. The van der Waals surface area contributed by atoms with Crippen LogP contribution < -0.4 is 16.0 Å². The number of hydrogen-bond donors (Lipinski definition) is 18. The molecule has 29 nitrogen and oxygen atoms in total. The van der Waals surface area contributed by atoms with Gasteiger partial charge in [-0.25, -0.2) is 0 Å². The second-order valence-electron chi connectivity index (χ2n) is 16.0. The summed E-state index contributed by atoms with van der Waals surface area (Å²) < 4.78 is 46.3. The van der Waals surface area contributed by atoms with Gasteiger partial charge in [0.25, 0.3) is 0 Å². The summed E-state index contributed by atoms with van der Waals surface area (Å²) in [5, 5.41) is 164. The minimum absolute atomic E-state index is 0.776. The molecule has 0 aromatic carbocycles. The molecule has 0 radical (unpaired) electrons. The number of amides is 3. The Labute approximate surface area is 369 Å². The van der Waals surface area contributed by atoms with Crippen LogP contribution in [0.2, 0.25) is 0 Å². The van der Waals surface area contributed by atoms with Crippen molar-refractivity contribution >= 4 is 17.7 Å². The standard InChI is InChI=1S/C36H63N3O26/c1-10(45)37-13(4-40)30(21(49)14(48)5-41)63-34-20(39-12(3)47)32(65-36-29(57)27(55)23(51)16(7-43)60-36)24(52)18(62-34)9-58-33-19(38-11(2)46)25(53)31(17(8-44)61-33)64-35-28(56)26(54)22(50)15(6-42)59-35/h13-36,40-44,48-57H,4-9H2,1-3H3,(H,37,45)(H,38,46)(H,39,47)/t13-,14+,15+,16+,17+,18+,19+,20+,21-,22-,23-,24-,25+,26-,27-,28+,29+,30+,31+,32+,33+,34+,35-,36-/m0/s1. The van der Waals surface area contributed by atoms with Crippen molar-refractivity contribution in [2.45, 2.75) is 168 Å². The van der Waals surface area contributed by atoms with Crippen LogP contribution in [0.25, 0.3) is 0 Å². The largest absolute Gasteiger partial charge is 0.394 e. The predicted octanol–water partition coefficient (Wildman–Crippen LogP) is -11.9. The molecule has 4 heterocycles. The predicted molar refractivity (Wildman–Crippen MR) is 204 cm³/mol. The molecule has 0 unspecified atom stereocenters. The summed E-state index contributed by atoms with van der Waals surface area (Å²) in [6.07, 6.45) is -39.4. The third-order valence-corrected chi connectivity index (χ3v) is 11.2. The maximum absolute atomic E-state index is 12.7. The fraction of sp³-hybridized carbons (Fsp3) is 0.917. The lowest BCUT2D eigenvalue weighted by Gasteiger charge is -2.49. The minimum atomic E-state index is -2.14. The fourth-order valence-electron chi connectivity index (χ4n) is 7.73. The van der Waals surface area contributed by atoms with E-state index in [1.807, 2.05) is 0 Å². The zero-order valence-electron chi connectivity index (χ0n) is 35.3. The molecule has 0 aromatic heterocycles. The normalized spacial score (nSPS) is 42.0. The number of ether oxygens (including phenoxy) is 8. The van der Waals surface area contributed by atoms with E-state index in [-0.39, 0.29) is 0 Å². The first-order chi connectivity index (χ1) is 30.6. The molecule has 18 N–H and O–H groups in total. The first kappa shape index (κ1) is 55.1. The number of aliphatic hydroxyl groups excluding tert-OH is 15. The topological polar surface area (TPSA) is 465 Å². The molecular weight excluding hydrogens is 890 g/mol. The third-order valence-electron chi connectivity index (χ3n) is 11.2. The van der Waals surface area contributed by atoms with Crippen molar-refractivity contribution in [3.8, 4) is 0 Å². The molecule has 0 aromatic rings. The molecule has 378 valence electrons. The Hall–Kier alpha value is -2.51. The van der Waals surface area contributed by atoms with Gasteiger partial charge in [0.15, 0.2) is 25.2 Å². The van der Waals surface area contributed by atoms with Crippen LogP contribution >= 0.6 is 0 Å². The van der Waals surface area contributed by atoms with Crippen molar-refractivity contribution in [3.63, 3.8) is 0 Å². The van der Waals surface area contributed by atoms with Gasteiger partial charge in [0.05, 0.1) is 45.7 Å². The van der Waals surface area contributed by atoms with Crippen molar-refractivity contribution in [1.29, 1.82) is 0 Å². The molecule has 4 aliphatic heterocycles. The van der Waals surface area contributed by atoms with Gasteiger partial charge in [0.2, 0.25) is 17.7 Å². The maximum Gasteiger partial charge on any atom is 0.217 e. The zero-order chi connectivity index (χ0) is 48.6. The Morgan fingerprint density at radius 3 is 1.46 bits per heavy atom. The number of carbonyl (C=O) groups excluding carboxylic acids is 3. The Bertz CT molecular complexity index is 1510. The lowest BCUT2D eigenvalue weighted by Crippen LogP contribution is -2.70. The number of hydrogen-bond acceptors (Lipinski definition) is 26. The van der Waals surface area contributed by atoms with Gasteiger partial charge in [-0.05, 0) is 0 Å². The molecule has 4 rings (SSSR count). The van der Waals surface area contributed by atoms with Crippen LogP contribution in [0.5, 0.6) is 0 Å². The van der Waals surface area contributed by atoms with E-state index in [1.54, 1.807) is 0 Å². The second kappa shape index (κ2) is 24.7. The summed E-state index contributed by atoms with van der Waals surface area (Å²) in [7, 11) is 0. The number of aliphatic hydroxyl groups is 15. The van der Waals surface area contributed by atoms with Crippen molar-refractivity contribution in [2.24, 2.45) is 0 Å². The van der Waals surface area contributed by atoms with Crippen LogP contribution in [0.1, 0.15) is 20.8 Å². The quantitative estimate of drug-likeness (QED) is 0.0539. The SMILES string of the molecule is CC(=O)N[C@H]1[C@H](OC[C@H]2O[C@H](O[C@@H]([C@@H](O)[C@H](O)CO)[C@H](CO)NC(C)=O)[C@H](NC(C)=O)[C@@H](O[C@@H]3O[C@H](CO)[C@H](O)[C@H](O)[C@H]3O)[C@H]2O)O[C@H](CO)[C@@H](O[C@@H]2O[C@H](CO)[C@H](O)[C@H](O)[C@H]2O)[C@@H]1O. The Kier molecular flexibility index (Phi) is 20.9. The van der Waals surface area contributed by atoms with Gasteiger partial charge in [0, 0.05) is 20.8 Å². The number of rotatable bonds is 20. The van der Waals surface area contributed by atoms with Crippen LogP contribution in [0, 0.1) is 0 Å². The molecule has 0 spiro atoms. The fourth-order valence-corrected chi connectivity index (χ4v) is 7.73. The average Bonchev–Trinajstić information content (AvgIpc) is 3.26. The number of nitrogens with one attached hydrogen (secondary N) is 3.